The van der Waals surface area contributed by atoms with E-state index in [1.54, 1.807) is 24.3 Å². The predicted molar refractivity (Wildman–Crippen MR) is 85.6 cm³/mol. The Kier molecular flexibility index (Phi) is 4.20. The number of rotatable bonds is 4. The third-order valence-electron chi connectivity index (χ3n) is 2.86. The molecule has 0 aliphatic heterocycles. The van der Waals surface area contributed by atoms with E-state index in [1.165, 1.54) is 12.5 Å². The Hall–Kier alpha value is -2.60. The molecule has 2 heterocycles. The van der Waals surface area contributed by atoms with E-state index in [4.69, 9.17) is 8.83 Å². The van der Waals surface area contributed by atoms with Gasteiger partial charge in [-0.3, -0.25) is 4.79 Å². The third kappa shape index (κ3) is 3.35. The fraction of sp³-hybridized carbons (Fsp3) is 0. The molecule has 0 atom stereocenters. The molecule has 0 aliphatic rings. The van der Waals surface area contributed by atoms with Gasteiger partial charge in [0.1, 0.15) is 11.5 Å². The molecule has 3 rings (SSSR count). The fourth-order valence-corrected chi connectivity index (χ4v) is 2.07. The molecule has 2 aromatic heterocycles. The molecule has 1 aromatic carbocycles. The van der Waals surface area contributed by atoms with Gasteiger partial charge in [0.05, 0.1) is 12.5 Å². The number of benzene rings is 1. The second-order valence-corrected chi connectivity index (χ2v) is 5.30. The van der Waals surface area contributed by atoms with Gasteiger partial charge in [-0.1, -0.05) is 28.1 Å². The first-order chi connectivity index (χ1) is 10.7. The van der Waals surface area contributed by atoms with Crippen LogP contribution >= 0.6 is 15.9 Å². The van der Waals surface area contributed by atoms with Crippen LogP contribution in [0.1, 0.15) is 16.3 Å². The molecule has 5 nitrogen and oxygen atoms in total. The number of halogens is 1. The smallest absolute Gasteiger partial charge is 0.307 e. The van der Waals surface area contributed by atoms with Crippen LogP contribution in [0.25, 0.3) is 11.3 Å². The standard InChI is InChI=1S/C16H11BrN2O3/c17-12-5-3-11(4-6-12)14-7-8-15(22-14)16(20)19-18-10-13-2-1-9-21-13/h1-10H,(H,19,20)/b18-10+. The lowest BCUT2D eigenvalue weighted by atomic mass is 10.2. The average Bonchev–Trinajstić information content (AvgIpc) is 3.19. The first-order valence-corrected chi connectivity index (χ1v) is 7.24. The molecule has 0 radical (unpaired) electrons. The molecule has 3 aromatic rings. The van der Waals surface area contributed by atoms with Crippen LogP contribution in [0.5, 0.6) is 0 Å². The molecule has 0 bridgehead atoms. The molecule has 6 heteroatoms. The zero-order valence-electron chi connectivity index (χ0n) is 11.3. The summed E-state index contributed by atoms with van der Waals surface area (Å²) in [6.07, 6.45) is 2.94. The molecule has 1 N–H and O–H groups in total. The van der Waals surface area contributed by atoms with Gasteiger partial charge in [-0.25, -0.2) is 5.43 Å². The Morgan fingerprint density at radius 1 is 1.14 bits per heavy atom. The van der Waals surface area contributed by atoms with Gasteiger partial charge in [-0.15, -0.1) is 0 Å². The molecule has 110 valence electrons. The summed E-state index contributed by atoms with van der Waals surface area (Å²) in [5.41, 5.74) is 3.27. The number of carbonyl (C=O) groups excluding carboxylic acids is 1. The summed E-state index contributed by atoms with van der Waals surface area (Å²) in [5, 5.41) is 3.80. The van der Waals surface area contributed by atoms with Crippen LogP contribution in [0.15, 0.2) is 73.2 Å². The van der Waals surface area contributed by atoms with Gasteiger partial charge in [0, 0.05) is 10.0 Å². The number of hydrogen-bond acceptors (Lipinski definition) is 4. The minimum atomic E-state index is -0.425. The van der Waals surface area contributed by atoms with Gasteiger partial charge < -0.3 is 8.83 Å². The van der Waals surface area contributed by atoms with Crippen molar-refractivity contribution in [3.05, 3.63) is 70.8 Å². The normalized spacial score (nSPS) is 11.0. The van der Waals surface area contributed by atoms with Gasteiger partial charge in [-0.05, 0) is 36.4 Å². The van der Waals surface area contributed by atoms with Crippen molar-refractivity contribution in [2.75, 3.05) is 0 Å². The SMILES string of the molecule is O=C(N/N=C/c1ccco1)c1ccc(-c2ccc(Br)cc2)o1. The zero-order chi connectivity index (χ0) is 15.4. The van der Waals surface area contributed by atoms with Gasteiger partial charge >= 0.3 is 5.91 Å². The Balaban J connectivity index is 1.68. The Labute approximate surface area is 134 Å². The number of carbonyl (C=O) groups is 1. The molecule has 1 amide bonds. The molecule has 0 saturated carbocycles. The molecular formula is C16H11BrN2O3. The number of hydrogen-bond donors (Lipinski definition) is 1. The van der Waals surface area contributed by atoms with E-state index in [0.29, 0.717) is 11.5 Å². The molecule has 0 spiro atoms. The maximum atomic E-state index is 11.9. The van der Waals surface area contributed by atoms with Crippen molar-refractivity contribution in [1.29, 1.82) is 0 Å². The zero-order valence-corrected chi connectivity index (χ0v) is 12.9. The highest BCUT2D eigenvalue weighted by molar-refractivity contribution is 9.10. The fourth-order valence-electron chi connectivity index (χ4n) is 1.80. The number of nitrogens with zero attached hydrogens (tertiary/aromatic N) is 1. The summed E-state index contributed by atoms with van der Waals surface area (Å²) in [4.78, 5) is 11.9. The van der Waals surface area contributed by atoms with Crippen LogP contribution in [0.4, 0.5) is 0 Å². The summed E-state index contributed by atoms with van der Waals surface area (Å²) in [7, 11) is 0. The van der Waals surface area contributed by atoms with Crippen molar-refractivity contribution in [3.63, 3.8) is 0 Å². The third-order valence-corrected chi connectivity index (χ3v) is 3.39. The van der Waals surface area contributed by atoms with Crippen LogP contribution in [0.3, 0.4) is 0 Å². The van der Waals surface area contributed by atoms with Crippen molar-refractivity contribution < 1.29 is 13.6 Å². The summed E-state index contributed by atoms with van der Waals surface area (Å²) >= 11 is 3.37. The Morgan fingerprint density at radius 3 is 2.68 bits per heavy atom. The molecule has 22 heavy (non-hydrogen) atoms. The van der Waals surface area contributed by atoms with E-state index in [0.717, 1.165) is 10.0 Å². The van der Waals surface area contributed by atoms with Crippen LogP contribution in [0, 0.1) is 0 Å². The molecule has 0 unspecified atom stereocenters. The van der Waals surface area contributed by atoms with E-state index in [9.17, 15) is 4.79 Å². The lowest BCUT2D eigenvalue weighted by molar-refractivity contribution is 0.0928. The van der Waals surface area contributed by atoms with Gasteiger partial charge in [0.15, 0.2) is 5.76 Å². The highest BCUT2D eigenvalue weighted by Gasteiger charge is 2.11. The van der Waals surface area contributed by atoms with Crippen molar-refractivity contribution in [3.8, 4) is 11.3 Å². The number of furan rings is 2. The second-order valence-electron chi connectivity index (χ2n) is 4.39. The van der Waals surface area contributed by atoms with Crippen LogP contribution < -0.4 is 5.43 Å². The summed E-state index contributed by atoms with van der Waals surface area (Å²) < 4.78 is 11.6. The Morgan fingerprint density at radius 2 is 1.95 bits per heavy atom. The minimum absolute atomic E-state index is 0.189. The van der Waals surface area contributed by atoms with E-state index >= 15 is 0 Å². The average molecular weight is 359 g/mol. The summed E-state index contributed by atoms with van der Waals surface area (Å²) in [6.45, 7) is 0. The van der Waals surface area contributed by atoms with Gasteiger partial charge in [0.2, 0.25) is 0 Å². The molecule has 0 aliphatic carbocycles. The maximum Gasteiger partial charge on any atom is 0.307 e. The second kappa shape index (κ2) is 6.44. The van der Waals surface area contributed by atoms with E-state index < -0.39 is 5.91 Å². The predicted octanol–water partition coefficient (Wildman–Crippen LogP) is 4.07. The number of hydrazone groups is 1. The number of amides is 1. The highest BCUT2D eigenvalue weighted by atomic mass is 79.9. The lowest BCUT2D eigenvalue weighted by Gasteiger charge is -1.98. The minimum Gasteiger partial charge on any atom is -0.463 e. The van der Waals surface area contributed by atoms with Crippen molar-refractivity contribution in [2.45, 2.75) is 0 Å². The largest absolute Gasteiger partial charge is 0.463 e. The van der Waals surface area contributed by atoms with Crippen molar-refractivity contribution in [1.82, 2.24) is 5.43 Å². The monoisotopic (exact) mass is 358 g/mol. The van der Waals surface area contributed by atoms with Crippen LogP contribution in [-0.4, -0.2) is 12.1 Å². The first-order valence-electron chi connectivity index (χ1n) is 6.45. The lowest BCUT2D eigenvalue weighted by Crippen LogP contribution is -2.16. The van der Waals surface area contributed by atoms with Crippen molar-refractivity contribution >= 4 is 28.1 Å². The summed E-state index contributed by atoms with van der Waals surface area (Å²) in [5.74, 6) is 0.934. The molecular weight excluding hydrogens is 348 g/mol. The molecule has 0 saturated heterocycles. The number of nitrogens with one attached hydrogen (secondary N) is 1. The van der Waals surface area contributed by atoms with Crippen LogP contribution in [-0.2, 0) is 0 Å². The van der Waals surface area contributed by atoms with E-state index in [-0.39, 0.29) is 5.76 Å². The molecule has 0 fully saturated rings. The Bertz CT molecular complexity index is 789. The quantitative estimate of drug-likeness (QED) is 0.564. The topological polar surface area (TPSA) is 67.7 Å². The maximum absolute atomic E-state index is 11.9. The van der Waals surface area contributed by atoms with Crippen LogP contribution in [0.2, 0.25) is 0 Å². The first kappa shape index (κ1) is 14.3. The highest BCUT2D eigenvalue weighted by Crippen LogP contribution is 2.23. The van der Waals surface area contributed by atoms with E-state index in [1.807, 2.05) is 24.3 Å². The summed E-state index contributed by atoms with van der Waals surface area (Å²) in [6, 6.07) is 14.4. The van der Waals surface area contributed by atoms with Crippen molar-refractivity contribution in [2.24, 2.45) is 5.10 Å². The van der Waals surface area contributed by atoms with Gasteiger partial charge in [-0.2, -0.15) is 5.10 Å². The van der Waals surface area contributed by atoms with Gasteiger partial charge in [0.25, 0.3) is 0 Å². The van der Waals surface area contributed by atoms with E-state index in [2.05, 4.69) is 26.5 Å².